The van der Waals surface area contributed by atoms with Gasteiger partial charge in [-0.3, -0.25) is 9.89 Å². The smallest absolute Gasteiger partial charge is 0.231 e. The highest BCUT2D eigenvalue weighted by molar-refractivity contribution is 6.30. The molecule has 0 atom stereocenters. The normalized spacial score (nSPS) is 15.5. The van der Waals surface area contributed by atoms with Crippen LogP contribution in [-0.2, 0) is 21.5 Å². The molecular weight excluding hydrogens is 404 g/mol. The van der Waals surface area contributed by atoms with Crippen LogP contribution in [0.5, 0.6) is 5.75 Å². The Morgan fingerprint density at radius 2 is 2.00 bits per heavy atom. The van der Waals surface area contributed by atoms with Crippen molar-refractivity contribution in [2.45, 2.75) is 24.8 Å². The summed E-state index contributed by atoms with van der Waals surface area (Å²) in [6.07, 6.45) is 1.21. The monoisotopic (exact) mass is 426 g/mol. The molecule has 1 fully saturated rings. The molecule has 156 valence electrons. The second kappa shape index (κ2) is 8.85. The predicted octanol–water partition coefficient (Wildman–Crippen LogP) is 3.50. The number of ether oxygens (including phenoxy) is 2. The molecule has 0 saturated carbocycles. The van der Waals surface area contributed by atoms with E-state index in [9.17, 15) is 4.79 Å². The first-order chi connectivity index (χ1) is 14.6. The van der Waals surface area contributed by atoms with Crippen LogP contribution in [-0.4, -0.2) is 41.4 Å². The Morgan fingerprint density at radius 3 is 2.70 bits per heavy atom. The number of carbonyl (C=O) groups excluding carboxylic acids is 1. The summed E-state index contributed by atoms with van der Waals surface area (Å²) < 4.78 is 10.7. The SMILES string of the molecule is COc1ccc(-c2n[nH]c(CNC(=O)C3(c4cccc(Cl)c4)CCOCC3)n2)cc1. The zero-order valence-corrected chi connectivity index (χ0v) is 17.4. The van der Waals surface area contributed by atoms with Crippen molar-refractivity contribution in [2.75, 3.05) is 20.3 Å². The van der Waals surface area contributed by atoms with Gasteiger partial charge in [0.2, 0.25) is 5.91 Å². The fourth-order valence-electron chi connectivity index (χ4n) is 3.73. The maximum absolute atomic E-state index is 13.3. The second-order valence-corrected chi connectivity index (χ2v) is 7.66. The third kappa shape index (κ3) is 4.17. The molecule has 0 bridgehead atoms. The molecule has 1 aliphatic rings. The molecule has 0 unspecified atom stereocenters. The Bertz CT molecular complexity index is 1010. The summed E-state index contributed by atoms with van der Waals surface area (Å²) in [7, 11) is 1.62. The van der Waals surface area contributed by atoms with E-state index in [2.05, 4.69) is 20.5 Å². The third-order valence-electron chi connectivity index (χ3n) is 5.45. The molecule has 7 nitrogen and oxygen atoms in total. The van der Waals surface area contributed by atoms with Crippen molar-refractivity contribution in [3.05, 3.63) is 64.9 Å². The van der Waals surface area contributed by atoms with Gasteiger partial charge in [0, 0.05) is 23.8 Å². The number of benzene rings is 2. The summed E-state index contributed by atoms with van der Waals surface area (Å²) in [4.78, 5) is 17.8. The summed E-state index contributed by atoms with van der Waals surface area (Å²) in [5.41, 5.74) is 1.11. The van der Waals surface area contributed by atoms with Crippen LogP contribution in [0, 0.1) is 0 Å². The Kier molecular flexibility index (Phi) is 6.01. The zero-order chi connectivity index (χ0) is 21.0. The summed E-state index contributed by atoms with van der Waals surface area (Å²) >= 11 is 6.19. The van der Waals surface area contributed by atoms with E-state index in [-0.39, 0.29) is 12.5 Å². The minimum atomic E-state index is -0.665. The van der Waals surface area contributed by atoms with Gasteiger partial charge in [-0.05, 0) is 54.8 Å². The van der Waals surface area contributed by atoms with Crippen LogP contribution in [0.15, 0.2) is 48.5 Å². The highest BCUT2D eigenvalue weighted by atomic mass is 35.5. The number of methoxy groups -OCH3 is 1. The predicted molar refractivity (Wildman–Crippen MR) is 113 cm³/mol. The number of nitrogens with one attached hydrogen (secondary N) is 2. The van der Waals surface area contributed by atoms with Gasteiger partial charge in [0.1, 0.15) is 11.6 Å². The van der Waals surface area contributed by atoms with Gasteiger partial charge in [-0.1, -0.05) is 23.7 Å². The maximum Gasteiger partial charge on any atom is 0.231 e. The number of aromatic nitrogens is 3. The molecule has 2 N–H and O–H groups in total. The molecule has 0 aliphatic carbocycles. The molecule has 0 radical (unpaired) electrons. The molecule has 2 heterocycles. The standard InChI is InChI=1S/C22H23ClN4O3/c1-29-18-7-5-15(6-8-18)20-25-19(26-27-20)14-24-21(28)22(9-11-30-12-10-22)16-3-2-4-17(23)13-16/h2-8,13H,9-12,14H2,1H3,(H,24,28)(H,25,26,27). The minimum Gasteiger partial charge on any atom is -0.497 e. The van der Waals surface area contributed by atoms with Crippen molar-refractivity contribution in [1.82, 2.24) is 20.5 Å². The van der Waals surface area contributed by atoms with E-state index in [1.54, 1.807) is 7.11 Å². The summed E-state index contributed by atoms with van der Waals surface area (Å²) in [5, 5.41) is 10.8. The van der Waals surface area contributed by atoms with Crippen molar-refractivity contribution in [2.24, 2.45) is 0 Å². The first kappa shape index (κ1) is 20.4. The molecule has 4 rings (SSSR count). The summed E-state index contributed by atoms with van der Waals surface area (Å²) in [5.74, 6) is 1.86. The minimum absolute atomic E-state index is 0.0598. The van der Waals surface area contributed by atoms with Gasteiger partial charge in [-0.2, -0.15) is 5.10 Å². The van der Waals surface area contributed by atoms with Gasteiger partial charge in [0.25, 0.3) is 0 Å². The van der Waals surface area contributed by atoms with E-state index in [4.69, 9.17) is 21.1 Å². The Morgan fingerprint density at radius 1 is 1.23 bits per heavy atom. The van der Waals surface area contributed by atoms with Gasteiger partial charge >= 0.3 is 0 Å². The van der Waals surface area contributed by atoms with Crippen molar-refractivity contribution in [3.8, 4) is 17.1 Å². The molecule has 1 amide bonds. The van der Waals surface area contributed by atoms with Gasteiger partial charge < -0.3 is 14.8 Å². The number of nitrogens with zero attached hydrogens (tertiary/aromatic N) is 2. The van der Waals surface area contributed by atoms with Crippen molar-refractivity contribution in [3.63, 3.8) is 0 Å². The lowest BCUT2D eigenvalue weighted by Gasteiger charge is -2.36. The van der Waals surface area contributed by atoms with Gasteiger partial charge in [-0.25, -0.2) is 4.98 Å². The lowest BCUT2D eigenvalue weighted by atomic mass is 9.73. The Hall–Kier alpha value is -2.90. The quantitative estimate of drug-likeness (QED) is 0.629. The molecule has 1 aromatic heterocycles. The largest absolute Gasteiger partial charge is 0.497 e. The maximum atomic E-state index is 13.3. The zero-order valence-electron chi connectivity index (χ0n) is 16.7. The van der Waals surface area contributed by atoms with Gasteiger partial charge in [0.05, 0.1) is 19.1 Å². The number of hydrogen-bond acceptors (Lipinski definition) is 5. The number of hydrogen-bond donors (Lipinski definition) is 2. The molecule has 2 aromatic carbocycles. The number of halogens is 1. The topological polar surface area (TPSA) is 89.1 Å². The lowest BCUT2D eigenvalue weighted by Crippen LogP contribution is -2.47. The van der Waals surface area contributed by atoms with Crippen LogP contribution in [0.25, 0.3) is 11.4 Å². The van der Waals surface area contributed by atoms with Crippen LogP contribution in [0.2, 0.25) is 5.02 Å². The lowest BCUT2D eigenvalue weighted by molar-refractivity contribution is -0.130. The fourth-order valence-corrected chi connectivity index (χ4v) is 3.92. The van der Waals surface area contributed by atoms with E-state index < -0.39 is 5.41 Å². The highest BCUT2D eigenvalue weighted by Gasteiger charge is 2.41. The van der Waals surface area contributed by atoms with Crippen molar-refractivity contribution < 1.29 is 14.3 Å². The van der Waals surface area contributed by atoms with Gasteiger partial charge in [-0.15, -0.1) is 0 Å². The third-order valence-corrected chi connectivity index (χ3v) is 5.69. The van der Waals surface area contributed by atoms with E-state index in [0.29, 0.717) is 42.7 Å². The van der Waals surface area contributed by atoms with Crippen molar-refractivity contribution in [1.29, 1.82) is 0 Å². The van der Waals surface area contributed by atoms with Crippen molar-refractivity contribution >= 4 is 17.5 Å². The molecule has 1 saturated heterocycles. The molecule has 8 heteroatoms. The number of aromatic amines is 1. The van der Waals surface area contributed by atoms with E-state index in [0.717, 1.165) is 16.9 Å². The highest BCUT2D eigenvalue weighted by Crippen LogP contribution is 2.36. The van der Waals surface area contributed by atoms with E-state index in [1.165, 1.54) is 0 Å². The average molecular weight is 427 g/mol. The number of amides is 1. The molecular formula is C22H23ClN4O3. The van der Waals surface area contributed by atoms with E-state index in [1.807, 2.05) is 48.5 Å². The number of carbonyl (C=O) groups is 1. The Labute approximate surface area is 179 Å². The average Bonchev–Trinajstić information content (AvgIpc) is 3.27. The molecule has 1 aliphatic heterocycles. The summed E-state index contributed by atoms with van der Waals surface area (Å²) in [6.45, 7) is 1.32. The van der Waals surface area contributed by atoms with Crippen LogP contribution >= 0.6 is 11.6 Å². The Balaban J connectivity index is 1.48. The first-order valence-electron chi connectivity index (χ1n) is 9.78. The number of rotatable bonds is 6. The van der Waals surface area contributed by atoms with Crippen LogP contribution in [0.1, 0.15) is 24.2 Å². The van der Waals surface area contributed by atoms with Gasteiger partial charge in [0.15, 0.2) is 5.82 Å². The first-order valence-corrected chi connectivity index (χ1v) is 10.2. The van der Waals surface area contributed by atoms with Crippen LogP contribution < -0.4 is 10.1 Å². The molecule has 30 heavy (non-hydrogen) atoms. The second-order valence-electron chi connectivity index (χ2n) is 7.22. The van der Waals surface area contributed by atoms with Crippen LogP contribution in [0.4, 0.5) is 0 Å². The molecule has 3 aromatic rings. The van der Waals surface area contributed by atoms with Crippen LogP contribution in [0.3, 0.4) is 0 Å². The molecule has 0 spiro atoms. The summed E-state index contributed by atoms with van der Waals surface area (Å²) in [6, 6.07) is 15.0. The fraction of sp³-hybridized carbons (Fsp3) is 0.318. The van der Waals surface area contributed by atoms with E-state index >= 15 is 0 Å². The number of H-pyrrole nitrogens is 1.